The molecule has 172 valence electrons. The second kappa shape index (κ2) is 7.76. The van der Waals surface area contributed by atoms with Crippen molar-refractivity contribution in [3.8, 4) is 0 Å². The molecule has 0 aliphatic carbocycles. The number of carbonyl (C=O) groups is 1. The van der Waals surface area contributed by atoms with Crippen LogP contribution < -0.4 is 21.9 Å². The van der Waals surface area contributed by atoms with Gasteiger partial charge in [-0.2, -0.15) is 13.2 Å². The first-order valence-corrected chi connectivity index (χ1v) is 10.2. The van der Waals surface area contributed by atoms with Gasteiger partial charge in [0, 0.05) is 38.0 Å². The summed E-state index contributed by atoms with van der Waals surface area (Å²) in [5.41, 5.74) is 6.11. The number of pyridine rings is 1. The van der Waals surface area contributed by atoms with Gasteiger partial charge in [-0.05, 0) is 25.5 Å². The summed E-state index contributed by atoms with van der Waals surface area (Å²) in [6.45, 7) is 4.01. The van der Waals surface area contributed by atoms with Crippen molar-refractivity contribution < 1.29 is 18.0 Å². The first kappa shape index (κ1) is 22.1. The molecule has 12 heteroatoms. The normalized spacial score (nSPS) is 18.0. The summed E-state index contributed by atoms with van der Waals surface area (Å²) in [7, 11) is 0. The Balaban J connectivity index is 1.65. The third-order valence-electron chi connectivity index (χ3n) is 6.15. The molecule has 1 amide bonds. The van der Waals surface area contributed by atoms with Crippen LogP contribution in [-0.4, -0.2) is 51.2 Å². The van der Waals surface area contributed by atoms with Gasteiger partial charge in [-0.3, -0.25) is 14.2 Å². The Morgan fingerprint density at radius 3 is 2.56 bits per heavy atom. The van der Waals surface area contributed by atoms with Crippen molar-refractivity contribution in [1.82, 2.24) is 24.8 Å². The van der Waals surface area contributed by atoms with Crippen LogP contribution in [0.15, 0.2) is 17.2 Å². The van der Waals surface area contributed by atoms with Gasteiger partial charge in [-0.15, -0.1) is 0 Å². The standard InChI is InChI=1S/C20H24F3N7O2/c1-11-9-13(27-16-12(2)15(24)25-10-26-16)18(32)30-14(11)17(31)28-19(30)3-6-29(7-4-19)8-5-20(21,22)23/h9-10H,3-8H2,1-2H3,(H,28,31)(H3,24,25,26,27). The first-order chi connectivity index (χ1) is 15.0. The number of aromatic nitrogens is 3. The second-order valence-electron chi connectivity index (χ2n) is 8.28. The molecule has 0 saturated carbocycles. The number of carbonyl (C=O) groups excluding carboxylic acids is 1. The van der Waals surface area contributed by atoms with Gasteiger partial charge in [0.15, 0.2) is 0 Å². The molecule has 0 unspecified atom stereocenters. The monoisotopic (exact) mass is 451 g/mol. The van der Waals surface area contributed by atoms with E-state index in [4.69, 9.17) is 5.73 Å². The van der Waals surface area contributed by atoms with Gasteiger partial charge in [-0.1, -0.05) is 0 Å². The zero-order valence-electron chi connectivity index (χ0n) is 17.7. The fraction of sp³-hybridized carbons (Fsp3) is 0.500. The van der Waals surface area contributed by atoms with E-state index in [0.717, 1.165) is 0 Å². The molecule has 1 fully saturated rings. The molecule has 0 aromatic carbocycles. The smallest absolute Gasteiger partial charge is 0.383 e. The van der Waals surface area contributed by atoms with Crippen molar-refractivity contribution in [1.29, 1.82) is 0 Å². The number of nitrogens with one attached hydrogen (secondary N) is 2. The van der Waals surface area contributed by atoms with Crippen LogP contribution in [0.25, 0.3) is 0 Å². The average Bonchev–Trinajstić information content (AvgIpc) is 3.00. The van der Waals surface area contributed by atoms with E-state index in [2.05, 4.69) is 20.6 Å². The lowest BCUT2D eigenvalue weighted by atomic mass is 9.96. The predicted molar refractivity (Wildman–Crippen MR) is 112 cm³/mol. The number of anilines is 3. The molecule has 0 bridgehead atoms. The highest BCUT2D eigenvalue weighted by atomic mass is 19.4. The Morgan fingerprint density at radius 2 is 1.91 bits per heavy atom. The molecule has 0 radical (unpaired) electrons. The Bertz CT molecular complexity index is 1120. The number of amides is 1. The summed E-state index contributed by atoms with van der Waals surface area (Å²) in [6, 6.07) is 1.59. The molecule has 2 aromatic heterocycles. The summed E-state index contributed by atoms with van der Waals surface area (Å²) in [5.74, 6) is 0.292. The largest absolute Gasteiger partial charge is 0.390 e. The molecule has 9 nitrogen and oxygen atoms in total. The Labute approximate surface area is 181 Å². The average molecular weight is 451 g/mol. The maximum Gasteiger partial charge on any atom is 0.390 e. The van der Waals surface area contributed by atoms with Crippen molar-refractivity contribution in [2.45, 2.75) is 44.9 Å². The third kappa shape index (κ3) is 3.90. The zero-order chi connectivity index (χ0) is 23.3. The van der Waals surface area contributed by atoms with E-state index < -0.39 is 23.8 Å². The minimum Gasteiger partial charge on any atom is -0.383 e. The highest BCUT2D eigenvalue weighted by Gasteiger charge is 2.46. The fourth-order valence-corrected chi connectivity index (χ4v) is 4.35. The van der Waals surface area contributed by atoms with Crippen molar-refractivity contribution in [2.24, 2.45) is 0 Å². The molecule has 2 aromatic rings. The molecule has 2 aliphatic rings. The highest BCUT2D eigenvalue weighted by molar-refractivity contribution is 5.97. The van der Waals surface area contributed by atoms with E-state index >= 15 is 0 Å². The van der Waals surface area contributed by atoms with Crippen molar-refractivity contribution in [3.05, 3.63) is 39.6 Å². The summed E-state index contributed by atoms with van der Waals surface area (Å²) in [5, 5.41) is 5.92. The first-order valence-electron chi connectivity index (χ1n) is 10.2. The fourth-order valence-electron chi connectivity index (χ4n) is 4.35. The Morgan fingerprint density at radius 1 is 1.22 bits per heavy atom. The number of halogens is 3. The quantitative estimate of drug-likeness (QED) is 0.651. The van der Waals surface area contributed by atoms with Crippen LogP contribution in [0.1, 0.15) is 40.9 Å². The van der Waals surface area contributed by atoms with Crippen LogP contribution in [0.3, 0.4) is 0 Å². The van der Waals surface area contributed by atoms with Crippen molar-refractivity contribution in [3.63, 3.8) is 0 Å². The highest BCUT2D eigenvalue weighted by Crippen LogP contribution is 2.35. The van der Waals surface area contributed by atoms with Gasteiger partial charge in [-0.25, -0.2) is 9.97 Å². The number of hydrogen-bond acceptors (Lipinski definition) is 7. The zero-order valence-corrected chi connectivity index (χ0v) is 17.7. The number of nitrogen functional groups attached to an aromatic ring is 1. The summed E-state index contributed by atoms with van der Waals surface area (Å²) >= 11 is 0. The minimum absolute atomic E-state index is 0.107. The summed E-state index contributed by atoms with van der Waals surface area (Å²) < 4.78 is 39.2. The van der Waals surface area contributed by atoms with E-state index in [1.54, 1.807) is 24.8 Å². The number of nitrogens with zero attached hydrogens (tertiary/aromatic N) is 4. The van der Waals surface area contributed by atoms with Crippen LogP contribution in [0.2, 0.25) is 0 Å². The molecule has 1 spiro atoms. The van der Waals surface area contributed by atoms with Gasteiger partial charge in [0.25, 0.3) is 11.5 Å². The predicted octanol–water partition coefficient (Wildman–Crippen LogP) is 2.03. The molecule has 1 saturated heterocycles. The van der Waals surface area contributed by atoms with Crippen LogP contribution in [-0.2, 0) is 5.66 Å². The maximum absolute atomic E-state index is 13.4. The Kier molecular flexibility index (Phi) is 5.35. The van der Waals surface area contributed by atoms with E-state index in [1.165, 1.54) is 10.9 Å². The number of likely N-dealkylation sites (tertiary alicyclic amines) is 1. The van der Waals surface area contributed by atoms with Crippen molar-refractivity contribution in [2.75, 3.05) is 30.7 Å². The molecule has 4 rings (SSSR count). The molecule has 32 heavy (non-hydrogen) atoms. The van der Waals surface area contributed by atoms with Crippen molar-refractivity contribution >= 4 is 23.2 Å². The lowest BCUT2D eigenvalue weighted by Gasteiger charge is -2.40. The van der Waals surface area contributed by atoms with Gasteiger partial charge in [0.05, 0.1) is 6.42 Å². The molecule has 2 aliphatic heterocycles. The van der Waals surface area contributed by atoms with Crippen LogP contribution in [0, 0.1) is 13.8 Å². The topological polar surface area (TPSA) is 118 Å². The summed E-state index contributed by atoms with van der Waals surface area (Å²) in [6.07, 6.45) is -3.18. The van der Waals surface area contributed by atoms with Gasteiger partial charge < -0.3 is 21.3 Å². The number of fused-ring (bicyclic) bond motifs is 2. The number of nitrogens with two attached hydrogens (primary N) is 1. The van der Waals surface area contributed by atoms with Crippen LogP contribution in [0.4, 0.5) is 30.5 Å². The number of aryl methyl sites for hydroxylation is 1. The lowest BCUT2D eigenvalue weighted by molar-refractivity contribution is -0.139. The number of rotatable bonds is 4. The SMILES string of the molecule is Cc1cc(Nc2ncnc(N)c2C)c(=O)n2c1C(=O)NC21CCN(CCC(F)(F)F)CC1. The van der Waals surface area contributed by atoms with Gasteiger partial charge in [0.2, 0.25) is 0 Å². The van der Waals surface area contributed by atoms with E-state index in [-0.39, 0.29) is 29.7 Å². The van der Waals surface area contributed by atoms with E-state index in [9.17, 15) is 22.8 Å². The molecule has 0 atom stereocenters. The minimum atomic E-state index is -4.22. The number of alkyl halides is 3. The molecular formula is C20H24F3N7O2. The van der Waals surface area contributed by atoms with E-state index in [1.807, 2.05) is 0 Å². The van der Waals surface area contributed by atoms with Crippen LogP contribution >= 0.6 is 0 Å². The summed E-state index contributed by atoms with van der Waals surface area (Å²) in [4.78, 5) is 35.9. The van der Waals surface area contributed by atoms with E-state index in [0.29, 0.717) is 42.9 Å². The van der Waals surface area contributed by atoms with Gasteiger partial charge in [0.1, 0.15) is 35.0 Å². The molecule has 4 N–H and O–H groups in total. The number of piperidine rings is 1. The lowest BCUT2D eigenvalue weighted by Crippen LogP contribution is -2.54. The number of hydrogen-bond donors (Lipinski definition) is 3. The Hall–Kier alpha value is -3.15. The molecule has 4 heterocycles. The maximum atomic E-state index is 13.4. The second-order valence-corrected chi connectivity index (χ2v) is 8.28. The van der Waals surface area contributed by atoms with Crippen LogP contribution in [0.5, 0.6) is 0 Å². The third-order valence-corrected chi connectivity index (χ3v) is 6.15. The van der Waals surface area contributed by atoms with Gasteiger partial charge >= 0.3 is 6.18 Å². The molecular weight excluding hydrogens is 427 g/mol.